The van der Waals surface area contributed by atoms with Gasteiger partial charge in [-0.3, -0.25) is 9.36 Å². The zero-order chi connectivity index (χ0) is 19.0. The minimum atomic E-state index is -0.252. The van der Waals surface area contributed by atoms with E-state index in [1.165, 1.54) is 6.20 Å². The summed E-state index contributed by atoms with van der Waals surface area (Å²) in [7, 11) is 0. The van der Waals surface area contributed by atoms with Crippen molar-refractivity contribution in [3.63, 3.8) is 0 Å². The molecule has 0 saturated carbocycles. The van der Waals surface area contributed by atoms with Crippen LogP contribution in [0.2, 0.25) is 0 Å². The molecule has 0 radical (unpaired) electrons. The van der Waals surface area contributed by atoms with E-state index >= 15 is 0 Å². The van der Waals surface area contributed by atoms with E-state index in [1.54, 1.807) is 12.4 Å². The van der Waals surface area contributed by atoms with Crippen molar-refractivity contribution in [1.82, 2.24) is 24.9 Å². The molecule has 4 rings (SSSR count). The van der Waals surface area contributed by atoms with Crippen LogP contribution in [0.1, 0.15) is 41.6 Å². The predicted octanol–water partition coefficient (Wildman–Crippen LogP) is 3.49. The molecule has 1 N–H and O–H groups in total. The molecule has 0 saturated heterocycles. The number of pyridine rings is 1. The normalized spacial score (nSPS) is 11.3. The highest BCUT2D eigenvalue weighted by atomic mass is 16.5. The van der Waals surface area contributed by atoms with Gasteiger partial charge in [-0.25, -0.2) is 4.98 Å². The predicted molar refractivity (Wildman–Crippen MR) is 99.9 cm³/mol. The van der Waals surface area contributed by atoms with Crippen molar-refractivity contribution in [2.45, 2.75) is 26.7 Å². The lowest BCUT2D eigenvalue weighted by atomic mass is 10.1. The zero-order valence-corrected chi connectivity index (χ0v) is 15.2. The number of carbonyl (C=O) groups is 1. The number of carbonyl (C=O) groups excluding carboxylic acids is 1. The molecule has 0 bridgehead atoms. The van der Waals surface area contributed by atoms with E-state index in [0.717, 1.165) is 22.6 Å². The average Bonchev–Trinajstić information content (AvgIpc) is 3.27. The summed E-state index contributed by atoms with van der Waals surface area (Å²) in [5.74, 6) is 0.690. The Labute approximate surface area is 155 Å². The quantitative estimate of drug-likeness (QED) is 0.597. The summed E-state index contributed by atoms with van der Waals surface area (Å²) in [5, 5.41) is 15.6. The molecule has 8 nitrogen and oxygen atoms in total. The highest BCUT2D eigenvalue weighted by Crippen LogP contribution is 2.24. The molecule has 136 valence electrons. The first-order valence-corrected chi connectivity index (χ1v) is 8.56. The number of benzene rings is 1. The molecule has 3 heterocycles. The van der Waals surface area contributed by atoms with Crippen LogP contribution in [0.4, 0.5) is 5.69 Å². The maximum Gasteiger partial charge on any atom is 0.257 e. The van der Waals surface area contributed by atoms with E-state index in [4.69, 9.17) is 4.52 Å². The second kappa shape index (κ2) is 6.64. The summed E-state index contributed by atoms with van der Waals surface area (Å²) in [5.41, 5.74) is 3.20. The van der Waals surface area contributed by atoms with Gasteiger partial charge >= 0.3 is 0 Å². The number of amides is 1. The third-order valence-corrected chi connectivity index (χ3v) is 4.27. The van der Waals surface area contributed by atoms with Crippen LogP contribution in [0.15, 0.2) is 47.4 Å². The first kappa shape index (κ1) is 16.9. The summed E-state index contributed by atoms with van der Waals surface area (Å²) >= 11 is 0. The standard InChI is InChI=1S/C19H18N6O2/c1-11(2)17-16-7-13(9-20-19(16)27-24-17)18(26)22-14-5-4-6-15(8-14)25-10-21-23-12(25)3/h4-11H,1-3H3,(H,22,26). The number of nitrogens with one attached hydrogen (secondary N) is 1. The molecular weight excluding hydrogens is 344 g/mol. The maximum atomic E-state index is 12.7. The number of hydrogen-bond acceptors (Lipinski definition) is 6. The highest BCUT2D eigenvalue weighted by Gasteiger charge is 2.16. The van der Waals surface area contributed by atoms with Gasteiger partial charge in [-0.1, -0.05) is 25.1 Å². The highest BCUT2D eigenvalue weighted by molar-refractivity contribution is 6.05. The molecule has 0 unspecified atom stereocenters. The number of hydrogen-bond donors (Lipinski definition) is 1. The van der Waals surface area contributed by atoms with Gasteiger partial charge in [0, 0.05) is 11.9 Å². The topological polar surface area (TPSA) is 98.7 Å². The first-order chi connectivity index (χ1) is 13.0. The van der Waals surface area contributed by atoms with Gasteiger partial charge in [0.2, 0.25) is 0 Å². The van der Waals surface area contributed by atoms with Crippen LogP contribution in [0.5, 0.6) is 0 Å². The Kier molecular flexibility index (Phi) is 4.15. The molecule has 27 heavy (non-hydrogen) atoms. The minimum absolute atomic E-state index is 0.176. The molecule has 0 aliphatic rings. The minimum Gasteiger partial charge on any atom is -0.336 e. The molecule has 3 aromatic heterocycles. The zero-order valence-electron chi connectivity index (χ0n) is 15.2. The lowest BCUT2D eigenvalue weighted by molar-refractivity contribution is 0.102. The third kappa shape index (κ3) is 3.17. The Morgan fingerprint density at radius 1 is 1.26 bits per heavy atom. The lowest BCUT2D eigenvalue weighted by Crippen LogP contribution is -2.12. The molecule has 0 spiro atoms. The summed E-state index contributed by atoms with van der Waals surface area (Å²) < 4.78 is 7.07. The fraction of sp³-hybridized carbons (Fsp3) is 0.211. The van der Waals surface area contributed by atoms with Crippen LogP contribution < -0.4 is 5.32 Å². The largest absolute Gasteiger partial charge is 0.336 e. The maximum absolute atomic E-state index is 12.7. The summed E-state index contributed by atoms with van der Waals surface area (Å²) in [6.07, 6.45) is 3.12. The number of aromatic nitrogens is 5. The Morgan fingerprint density at radius 2 is 2.11 bits per heavy atom. The van der Waals surface area contributed by atoms with Crippen LogP contribution in [-0.4, -0.2) is 30.8 Å². The van der Waals surface area contributed by atoms with E-state index < -0.39 is 0 Å². The molecular formula is C19H18N6O2. The third-order valence-electron chi connectivity index (χ3n) is 4.27. The Balaban J connectivity index is 1.62. The lowest BCUT2D eigenvalue weighted by Gasteiger charge is -2.09. The molecule has 1 aromatic carbocycles. The summed E-state index contributed by atoms with van der Waals surface area (Å²) in [4.78, 5) is 16.9. The number of anilines is 1. The number of nitrogens with zero attached hydrogens (tertiary/aromatic N) is 5. The molecule has 0 atom stereocenters. The van der Waals surface area contributed by atoms with Gasteiger partial charge in [-0.2, -0.15) is 0 Å². The molecule has 0 aliphatic heterocycles. The molecule has 4 aromatic rings. The van der Waals surface area contributed by atoms with Gasteiger partial charge in [0.05, 0.1) is 22.3 Å². The van der Waals surface area contributed by atoms with Gasteiger partial charge in [0.1, 0.15) is 12.2 Å². The SMILES string of the molecule is Cc1nncn1-c1cccc(NC(=O)c2cnc3onc(C(C)C)c3c2)c1. The van der Waals surface area contributed by atoms with Crippen molar-refractivity contribution >= 4 is 22.7 Å². The van der Waals surface area contributed by atoms with Crippen LogP contribution in [0.25, 0.3) is 16.8 Å². The van der Waals surface area contributed by atoms with Crippen LogP contribution >= 0.6 is 0 Å². The smallest absolute Gasteiger partial charge is 0.257 e. The second-order valence-electron chi connectivity index (χ2n) is 6.55. The summed E-state index contributed by atoms with van der Waals surface area (Å²) in [6.45, 7) is 5.90. The van der Waals surface area contributed by atoms with Gasteiger partial charge in [0.25, 0.3) is 11.6 Å². The van der Waals surface area contributed by atoms with Crippen molar-refractivity contribution in [2.24, 2.45) is 0 Å². The molecule has 0 fully saturated rings. The first-order valence-electron chi connectivity index (χ1n) is 8.56. The number of aryl methyl sites for hydroxylation is 1. The van der Waals surface area contributed by atoms with Crippen LogP contribution in [0.3, 0.4) is 0 Å². The monoisotopic (exact) mass is 362 g/mol. The van der Waals surface area contributed by atoms with Crippen molar-refractivity contribution < 1.29 is 9.32 Å². The van der Waals surface area contributed by atoms with Gasteiger partial charge in [-0.05, 0) is 37.1 Å². The van der Waals surface area contributed by atoms with Gasteiger partial charge < -0.3 is 9.84 Å². The number of fused-ring (bicyclic) bond motifs is 1. The molecule has 0 aliphatic carbocycles. The second-order valence-corrected chi connectivity index (χ2v) is 6.55. The van der Waals surface area contributed by atoms with Crippen LogP contribution in [-0.2, 0) is 0 Å². The van der Waals surface area contributed by atoms with Gasteiger partial charge in [-0.15, -0.1) is 10.2 Å². The van der Waals surface area contributed by atoms with Crippen molar-refractivity contribution in [3.05, 3.63) is 59.9 Å². The number of rotatable bonds is 4. The van der Waals surface area contributed by atoms with E-state index in [-0.39, 0.29) is 11.8 Å². The van der Waals surface area contributed by atoms with E-state index in [2.05, 4.69) is 25.7 Å². The Bertz CT molecular complexity index is 1130. The van der Waals surface area contributed by atoms with Gasteiger partial charge in [0.15, 0.2) is 0 Å². The van der Waals surface area contributed by atoms with Crippen LogP contribution in [0, 0.1) is 6.92 Å². The van der Waals surface area contributed by atoms with E-state index in [9.17, 15) is 4.79 Å². The van der Waals surface area contributed by atoms with Crippen molar-refractivity contribution in [3.8, 4) is 5.69 Å². The summed E-state index contributed by atoms with van der Waals surface area (Å²) in [6, 6.07) is 9.23. The van der Waals surface area contributed by atoms with Crippen molar-refractivity contribution in [1.29, 1.82) is 0 Å². The Morgan fingerprint density at radius 3 is 2.85 bits per heavy atom. The van der Waals surface area contributed by atoms with E-state index in [1.807, 2.05) is 49.6 Å². The molecule has 8 heteroatoms. The van der Waals surface area contributed by atoms with Crippen molar-refractivity contribution in [2.75, 3.05) is 5.32 Å². The fourth-order valence-electron chi connectivity index (χ4n) is 2.87. The fourth-order valence-corrected chi connectivity index (χ4v) is 2.87. The molecule has 1 amide bonds. The average molecular weight is 362 g/mol. The Hall–Kier alpha value is -3.55. The van der Waals surface area contributed by atoms with E-state index in [0.29, 0.717) is 17.0 Å².